The molecule has 23 heavy (non-hydrogen) atoms. The average Bonchev–Trinajstić information content (AvgIpc) is 3.01. The van der Waals surface area contributed by atoms with Gasteiger partial charge in [-0.05, 0) is 4.92 Å². The highest BCUT2D eigenvalue weighted by molar-refractivity contribution is 9.09. The molecule has 0 amide bonds. The first-order valence-electron chi connectivity index (χ1n) is 6.96. The van der Waals surface area contributed by atoms with Crippen LogP contribution in [-0.4, -0.2) is 60.7 Å². The minimum absolute atomic E-state index is 0.00614. The van der Waals surface area contributed by atoms with Crippen molar-refractivity contribution in [3.8, 4) is 0 Å². The Bertz CT molecular complexity index is 595. The number of hydrogen-bond acceptors (Lipinski definition) is 5. The van der Waals surface area contributed by atoms with E-state index >= 15 is 0 Å². The maximum absolute atomic E-state index is 13.3. The van der Waals surface area contributed by atoms with Gasteiger partial charge in [0, 0.05) is 36.8 Å². The normalized spacial score (nSPS) is 18.6. The smallest absolute Gasteiger partial charge is 0.390 e. The van der Waals surface area contributed by atoms with Crippen LogP contribution in [0.25, 0.3) is 0 Å². The number of halogens is 2. The Balaban J connectivity index is 2.14. The standard InChI is InChI=1S/C11H18Br2N5O4P/c1-15-10(8-14-11(15)18(19)20)9-22-23(21)16(4-2-12)6-7-17(23)5-3-13/h8H,2-7,9H2,1H3. The molecular weight excluding hydrogens is 457 g/mol. The van der Waals surface area contributed by atoms with E-state index in [0.29, 0.717) is 42.5 Å². The van der Waals surface area contributed by atoms with Gasteiger partial charge in [-0.15, -0.1) is 0 Å². The van der Waals surface area contributed by atoms with Crippen molar-refractivity contribution >= 4 is 45.5 Å². The lowest BCUT2D eigenvalue weighted by Gasteiger charge is -2.28. The number of alkyl halides is 2. The van der Waals surface area contributed by atoms with Crippen LogP contribution in [0.5, 0.6) is 0 Å². The highest BCUT2D eigenvalue weighted by atomic mass is 79.9. The Labute approximate surface area is 150 Å². The first-order valence-corrected chi connectivity index (χ1v) is 10.7. The van der Waals surface area contributed by atoms with Crippen LogP contribution in [0.3, 0.4) is 0 Å². The molecule has 0 bridgehead atoms. The van der Waals surface area contributed by atoms with E-state index in [-0.39, 0.29) is 12.6 Å². The Morgan fingerprint density at radius 1 is 1.35 bits per heavy atom. The van der Waals surface area contributed by atoms with Crippen LogP contribution in [0.2, 0.25) is 0 Å². The van der Waals surface area contributed by atoms with Gasteiger partial charge in [-0.3, -0.25) is 9.09 Å². The topological polar surface area (TPSA) is 93.7 Å². The van der Waals surface area contributed by atoms with E-state index in [4.69, 9.17) is 4.52 Å². The van der Waals surface area contributed by atoms with E-state index in [0.717, 1.165) is 0 Å². The number of hydrogen-bond donors (Lipinski definition) is 0. The third-order valence-corrected chi connectivity index (χ3v) is 7.02. The fourth-order valence-corrected chi connectivity index (χ4v) is 6.16. The summed E-state index contributed by atoms with van der Waals surface area (Å²) in [7, 11) is -1.58. The number of nitro groups is 1. The van der Waals surface area contributed by atoms with Gasteiger partial charge in [0.05, 0.1) is 7.05 Å². The van der Waals surface area contributed by atoms with Gasteiger partial charge in [-0.1, -0.05) is 36.8 Å². The van der Waals surface area contributed by atoms with Crippen molar-refractivity contribution in [2.75, 3.05) is 36.8 Å². The highest BCUT2D eigenvalue weighted by Crippen LogP contribution is 2.58. The van der Waals surface area contributed by atoms with Gasteiger partial charge in [0.15, 0.2) is 0 Å². The average molecular weight is 475 g/mol. The zero-order valence-corrected chi connectivity index (χ0v) is 16.7. The lowest BCUT2D eigenvalue weighted by molar-refractivity contribution is -0.396. The summed E-state index contributed by atoms with van der Waals surface area (Å²) in [6.45, 7) is 2.57. The second-order valence-electron chi connectivity index (χ2n) is 4.91. The van der Waals surface area contributed by atoms with Crippen molar-refractivity contribution in [1.29, 1.82) is 0 Å². The lowest BCUT2D eigenvalue weighted by Crippen LogP contribution is -2.24. The molecule has 1 aromatic heterocycles. The molecule has 1 aliphatic heterocycles. The van der Waals surface area contributed by atoms with Crippen LogP contribution in [-0.2, 0) is 22.7 Å². The van der Waals surface area contributed by atoms with Crippen LogP contribution >= 0.6 is 39.5 Å². The van der Waals surface area contributed by atoms with Gasteiger partial charge in [0.25, 0.3) is 0 Å². The van der Waals surface area contributed by atoms with Gasteiger partial charge in [-0.2, -0.15) is 0 Å². The number of rotatable bonds is 8. The Morgan fingerprint density at radius 2 is 1.91 bits per heavy atom. The van der Waals surface area contributed by atoms with Crippen molar-refractivity contribution in [3.63, 3.8) is 0 Å². The van der Waals surface area contributed by atoms with Gasteiger partial charge in [-0.25, -0.2) is 13.9 Å². The molecule has 0 radical (unpaired) electrons. The molecule has 1 fully saturated rings. The van der Waals surface area contributed by atoms with Crippen LogP contribution in [0.15, 0.2) is 6.20 Å². The molecule has 12 heteroatoms. The third kappa shape index (κ3) is 4.02. The van der Waals surface area contributed by atoms with Gasteiger partial charge >= 0.3 is 13.6 Å². The summed E-state index contributed by atoms with van der Waals surface area (Å²) >= 11 is 6.72. The van der Waals surface area contributed by atoms with Crippen molar-refractivity contribution < 1.29 is 14.0 Å². The molecule has 0 aromatic carbocycles. The fourth-order valence-electron chi connectivity index (χ4n) is 2.39. The molecule has 130 valence electrons. The maximum Gasteiger partial charge on any atom is 0.434 e. The summed E-state index contributed by atoms with van der Waals surface area (Å²) in [5.41, 5.74) is 0.511. The monoisotopic (exact) mass is 473 g/mol. The summed E-state index contributed by atoms with van der Waals surface area (Å²) in [5, 5.41) is 12.2. The summed E-state index contributed by atoms with van der Waals surface area (Å²) in [5.74, 6) is -0.261. The molecule has 0 atom stereocenters. The Hall–Kier alpha value is -0.320. The summed E-state index contributed by atoms with van der Waals surface area (Å²) < 4.78 is 24.1. The molecule has 1 aliphatic rings. The zero-order valence-electron chi connectivity index (χ0n) is 12.6. The van der Waals surface area contributed by atoms with Crippen molar-refractivity contribution in [2.24, 2.45) is 7.05 Å². The fraction of sp³-hybridized carbons (Fsp3) is 0.727. The minimum atomic E-state index is -3.13. The van der Waals surface area contributed by atoms with E-state index in [1.54, 1.807) is 7.05 Å². The molecule has 0 spiro atoms. The van der Waals surface area contributed by atoms with Crippen molar-refractivity contribution in [1.82, 2.24) is 18.9 Å². The second kappa shape index (κ2) is 8.17. The first-order chi connectivity index (χ1) is 10.9. The van der Waals surface area contributed by atoms with E-state index in [1.165, 1.54) is 10.8 Å². The molecule has 1 aromatic rings. The molecule has 0 aliphatic carbocycles. The van der Waals surface area contributed by atoms with E-state index in [9.17, 15) is 14.7 Å². The second-order valence-corrected chi connectivity index (χ2v) is 8.87. The minimum Gasteiger partial charge on any atom is -0.390 e. The molecule has 1 saturated heterocycles. The zero-order chi connectivity index (χ0) is 17.0. The van der Waals surface area contributed by atoms with Gasteiger partial charge < -0.3 is 10.1 Å². The predicted octanol–water partition coefficient (Wildman–Crippen LogP) is 2.36. The van der Waals surface area contributed by atoms with Gasteiger partial charge in [0.1, 0.15) is 18.5 Å². The largest absolute Gasteiger partial charge is 0.434 e. The maximum atomic E-state index is 13.3. The molecular formula is C11H18Br2N5O4P. The predicted molar refractivity (Wildman–Crippen MR) is 93.0 cm³/mol. The van der Waals surface area contributed by atoms with E-state index in [2.05, 4.69) is 36.8 Å². The molecule has 0 saturated carbocycles. The highest BCUT2D eigenvalue weighted by Gasteiger charge is 2.44. The summed E-state index contributed by atoms with van der Waals surface area (Å²) in [6, 6.07) is 0. The quantitative estimate of drug-likeness (QED) is 0.247. The van der Waals surface area contributed by atoms with E-state index < -0.39 is 12.6 Å². The summed E-state index contributed by atoms with van der Waals surface area (Å²) in [6.07, 6.45) is 1.38. The third-order valence-electron chi connectivity index (χ3n) is 3.62. The number of nitrogens with zero attached hydrogens (tertiary/aromatic N) is 5. The number of aromatic nitrogens is 2. The molecule has 0 unspecified atom stereocenters. The first kappa shape index (κ1) is 19.0. The van der Waals surface area contributed by atoms with Crippen LogP contribution in [0.1, 0.15) is 5.69 Å². The Morgan fingerprint density at radius 3 is 2.35 bits per heavy atom. The van der Waals surface area contributed by atoms with Crippen LogP contribution in [0.4, 0.5) is 5.95 Å². The lowest BCUT2D eigenvalue weighted by atomic mass is 10.5. The van der Waals surface area contributed by atoms with Gasteiger partial charge in [0.2, 0.25) is 0 Å². The SMILES string of the molecule is Cn1c(COP2(=O)N(CCBr)CCN2CCBr)cnc1[N+](=O)[O-]. The van der Waals surface area contributed by atoms with Crippen molar-refractivity contribution in [3.05, 3.63) is 22.0 Å². The molecule has 0 N–H and O–H groups in total. The number of imidazole rings is 1. The summed E-state index contributed by atoms with van der Waals surface area (Å²) in [4.78, 5) is 14.0. The molecule has 2 heterocycles. The molecule has 2 rings (SSSR count). The van der Waals surface area contributed by atoms with E-state index in [1.807, 2.05) is 9.34 Å². The van der Waals surface area contributed by atoms with Crippen LogP contribution in [0, 0.1) is 10.1 Å². The molecule has 9 nitrogen and oxygen atoms in total. The Kier molecular flexibility index (Phi) is 6.76. The van der Waals surface area contributed by atoms with Crippen LogP contribution < -0.4 is 0 Å². The van der Waals surface area contributed by atoms with Crippen molar-refractivity contribution in [2.45, 2.75) is 6.61 Å².